The van der Waals surface area contributed by atoms with Gasteiger partial charge in [-0.2, -0.15) is 5.10 Å². The number of imidazole rings is 1. The van der Waals surface area contributed by atoms with Crippen molar-refractivity contribution in [3.8, 4) is 0 Å². The first-order chi connectivity index (χ1) is 8.99. The van der Waals surface area contributed by atoms with E-state index in [1.54, 1.807) is 21.7 Å². The summed E-state index contributed by atoms with van der Waals surface area (Å²) < 4.78 is 5.24. The van der Waals surface area contributed by atoms with E-state index >= 15 is 0 Å². The van der Waals surface area contributed by atoms with Crippen molar-refractivity contribution < 1.29 is 0 Å². The average Bonchev–Trinajstić information content (AvgIpc) is 2.88. The van der Waals surface area contributed by atoms with Gasteiger partial charge in [0.1, 0.15) is 12.2 Å². The monoisotopic (exact) mass is 263 g/mol. The van der Waals surface area contributed by atoms with E-state index in [0.29, 0.717) is 12.5 Å². The summed E-state index contributed by atoms with van der Waals surface area (Å²) in [6.45, 7) is 9.53. The molecule has 0 amide bonds. The molecular formula is C13H21N5O. The van der Waals surface area contributed by atoms with Crippen molar-refractivity contribution in [2.24, 2.45) is 5.92 Å². The van der Waals surface area contributed by atoms with Crippen LogP contribution in [0.1, 0.15) is 39.6 Å². The summed E-state index contributed by atoms with van der Waals surface area (Å²) in [4.78, 5) is 16.4. The van der Waals surface area contributed by atoms with E-state index in [1.807, 2.05) is 24.7 Å². The Morgan fingerprint density at radius 1 is 1.21 bits per heavy atom. The molecule has 0 bridgehead atoms. The van der Waals surface area contributed by atoms with Gasteiger partial charge >= 0.3 is 5.69 Å². The van der Waals surface area contributed by atoms with E-state index in [0.717, 1.165) is 12.4 Å². The number of hydrogen-bond acceptors (Lipinski definition) is 3. The normalized spacial score (nSPS) is 11.7. The van der Waals surface area contributed by atoms with Gasteiger partial charge in [0.05, 0.1) is 6.54 Å². The zero-order chi connectivity index (χ0) is 14.0. The SMILES string of the molecule is CC(C)Cn1ncnc1Cn1ccn(C(C)C)c1=O. The van der Waals surface area contributed by atoms with Gasteiger partial charge in [-0.25, -0.2) is 14.5 Å². The van der Waals surface area contributed by atoms with Gasteiger partial charge in [-0.1, -0.05) is 13.8 Å². The Morgan fingerprint density at radius 2 is 1.95 bits per heavy atom. The van der Waals surface area contributed by atoms with Gasteiger partial charge in [0.25, 0.3) is 0 Å². The molecule has 0 N–H and O–H groups in total. The van der Waals surface area contributed by atoms with Crippen molar-refractivity contribution in [3.63, 3.8) is 0 Å². The Balaban J connectivity index is 2.22. The summed E-state index contributed by atoms with van der Waals surface area (Å²) >= 11 is 0. The highest BCUT2D eigenvalue weighted by Crippen LogP contribution is 2.04. The Bertz CT molecular complexity index is 590. The lowest BCUT2D eigenvalue weighted by Crippen LogP contribution is -2.26. The van der Waals surface area contributed by atoms with E-state index < -0.39 is 0 Å². The number of nitrogens with zero attached hydrogens (tertiary/aromatic N) is 5. The molecule has 2 aromatic heterocycles. The maximum absolute atomic E-state index is 12.1. The fourth-order valence-electron chi connectivity index (χ4n) is 2.00. The molecule has 6 heteroatoms. The van der Waals surface area contributed by atoms with Gasteiger partial charge < -0.3 is 0 Å². The second-order valence-corrected chi connectivity index (χ2v) is 5.46. The summed E-state index contributed by atoms with van der Waals surface area (Å²) in [6.07, 6.45) is 5.16. The molecule has 0 atom stereocenters. The molecule has 0 aliphatic carbocycles. The van der Waals surface area contributed by atoms with Crippen LogP contribution in [0.2, 0.25) is 0 Å². The molecular weight excluding hydrogens is 242 g/mol. The molecule has 0 radical (unpaired) electrons. The molecule has 0 saturated heterocycles. The minimum atomic E-state index is -0.00547. The van der Waals surface area contributed by atoms with E-state index in [4.69, 9.17) is 0 Å². The minimum Gasteiger partial charge on any atom is -0.297 e. The number of aromatic nitrogens is 5. The molecule has 0 unspecified atom stereocenters. The Kier molecular flexibility index (Phi) is 3.87. The summed E-state index contributed by atoms with van der Waals surface area (Å²) in [7, 11) is 0. The summed E-state index contributed by atoms with van der Waals surface area (Å²) in [5, 5.41) is 4.21. The van der Waals surface area contributed by atoms with Crippen LogP contribution in [-0.4, -0.2) is 23.9 Å². The molecule has 2 aromatic rings. The molecule has 2 heterocycles. The predicted molar refractivity (Wildman–Crippen MR) is 73.0 cm³/mol. The first kappa shape index (κ1) is 13.6. The first-order valence-electron chi connectivity index (χ1n) is 6.63. The fraction of sp³-hybridized carbons (Fsp3) is 0.615. The Morgan fingerprint density at radius 3 is 2.53 bits per heavy atom. The zero-order valence-corrected chi connectivity index (χ0v) is 11.9. The molecule has 0 aliphatic heterocycles. The van der Waals surface area contributed by atoms with E-state index in [1.165, 1.54) is 0 Å². The van der Waals surface area contributed by atoms with E-state index in [-0.39, 0.29) is 11.7 Å². The Labute approximate surface area is 112 Å². The molecule has 19 heavy (non-hydrogen) atoms. The first-order valence-corrected chi connectivity index (χ1v) is 6.63. The lowest BCUT2D eigenvalue weighted by atomic mass is 10.2. The van der Waals surface area contributed by atoms with Crippen LogP contribution in [0.25, 0.3) is 0 Å². The third kappa shape index (κ3) is 2.94. The quantitative estimate of drug-likeness (QED) is 0.822. The van der Waals surface area contributed by atoms with Gasteiger partial charge in [-0.15, -0.1) is 0 Å². The van der Waals surface area contributed by atoms with Gasteiger partial charge in [-0.3, -0.25) is 9.13 Å². The van der Waals surface area contributed by atoms with Crippen LogP contribution in [0.3, 0.4) is 0 Å². The van der Waals surface area contributed by atoms with Crippen molar-refractivity contribution in [3.05, 3.63) is 35.0 Å². The molecule has 0 saturated carbocycles. The zero-order valence-electron chi connectivity index (χ0n) is 11.9. The molecule has 2 rings (SSSR count). The summed E-state index contributed by atoms with van der Waals surface area (Å²) in [5.74, 6) is 1.31. The highest BCUT2D eigenvalue weighted by molar-refractivity contribution is 4.91. The predicted octanol–water partition coefficient (Wildman–Crippen LogP) is 1.53. The lowest BCUT2D eigenvalue weighted by Gasteiger charge is -2.09. The second kappa shape index (κ2) is 5.42. The summed E-state index contributed by atoms with van der Waals surface area (Å²) in [6, 6.07) is 0.169. The van der Waals surface area contributed by atoms with Crippen LogP contribution in [0, 0.1) is 5.92 Å². The third-order valence-corrected chi connectivity index (χ3v) is 2.98. The topological polar surface area (TPSA) is 57.6 Å². The van der Waals surface area contributed by atoms with Crippen molar-refractivity contribution in [2.45, 2.75) is 46.8 Å². The van der Waals surface area contributed by atoms with Gasteiger partial charge in [0.15, 0.2) is 0 Å². The largest absolute Gasteiger partial charge is 0.328 e. The van der Waals surface area contributed by atoms with Gasteiger partial charge in [0, 0.05) is 25.0 Å². The van der Waals surface area contributed by atoms with Crippen LogP contribution in [-0.2, 0) is 13.1 Å². The lowest BCUT2D eigenvalue weighted by molar-refractivity contribution is 0.458. The summed E-state index contributed by atoms with van der Waals surface area (Å²) in [5.41, 5.74) is -0.00547. The minimum absolute atomic E-state index is 0.00547. The van der Waals surface area contributed by atoms with Crippen molar-refractivity contribution in [2.75, 3.05) is 0 Å². The van der Waals surface area contributed by atoms with Crippen LogP contribution >= 0.6 is 0 Å². The molecule has 6 nitrogen and oxygen atoms in total. The number of rotatable bonds is 5. The van der Waals surface area contributed by atoms with Gasteiger partial charge in [-0.05, 0) is 19.8 Å². The Hall–Kier alpha value is -1.85. The van der Waals surface area contributed by atoms with E-state index in [9.17, 15) is 4.79 Å². The van der Waals surface area contributed by atoms with E-state index in [2.05, 4.69) is 23.9 Å². The third-order valence-electron chi connectivity index (χ3n) is 2.98. The fourth-order valence-corrected chi connectivity index (χ4v) is 2.00. The van der Waals surface area contributed by atoms with Crippen LogP contribution in [0.4, 0.5) is 0 Å². The van der Waals surface area contributed by atoms with Gasteiger partial charge in [0.2, 0.25) is 0 Å². The highest BCUT2D eigenvalue weighted by atomic mass is 16.1. The van der Waals surface area contributed by atoms with Crippen molar-refractivity contribution in [1.82, 2.24) is 23.9 Å². The molecule has 0 aromatic carbocycles. The molecule has 104 valence electrons. The van der Waals surface area contributed by atoms with Crippen LogP contribution < -0.4 is 5.69 Å². The maximum atomic E-state index is 12.1. The highest BCUT2D eigenvalue weighted by Gasteiger charge is 2.11. The van der Waals surface area contributed by atoms with Crippen LogP contribution in [0.15, 0.2) is 23.5 Å². The van der Waals surface area contributed by atoms with Crippen LogP contribution in [0.5, 0.6) is 0 Å². The van der Waals surface area contributed by atoms with Crippen molar-refractivity contribution in [1.29, 1.82) is 0 Å². The molecule has 0 spiro atoms. The molecule has 0 aliphatic rings. The average molecular weight is 263 g/mol. The van der Waals surface area contributed by atoms with Crippen molar-refractivity contribution >= 4 is 0 Å². The molecule has 0 fully saturated rings. The maximum Gasteiger partial charge on any atom is 0.328 e. The standard InChI is InChI=1S/C13H21N5O/c1-10(2)7-18-12(14-9-15-18)8-16-5-6-17(11(3)4)13(16)19/h5-6,9-11H,7-8H2,1-4H3. The second-order valence-electron chi connectivity index (χ2n) is 5.46. The number of hydrogen-bond donors (Lipinski definition) is 0. The smallest absolute Gasteiger partial charge is 0.297 e.